The van der Waals surface area contributed by atoms with Crippen molar-refractivity contribution in [3.05, 3.63) is 17.6 Å². The molecule has 0 saturated heterocycles. The molecule has 1 aliphatic carbocycles. The smallest absolute Gasteiger partial charge is 0.374 e. The van der Waals surface area contributed by atoms with Crippen LogP contribution in [0.15, 0.2) is 15.4 Å². The molecule has 0 radical (unpaired) electrons. The minimum Gasteiger partial charge on any atom is -0.456 e. The van der Waals surface area contributed by atoms with E-state index in [-0.39, 0.29) is 22.5 Å². The van der Waals surface area contributed by atoms with Crippen molar-refractivity contribution in [3.63, 3.8) is 0 Å². The number of esters is 1. The summed E-state index contributed by atoms with van der Waals surface area (Å²) in [7, 11) is -3.89. The Bertz CT molecular complexity index is 604. The molecule has 6 nitrogen and oxygen atoms in total. The normalized spacial score (nSPS) is 23.6. The average molecular weight is 301 g/mol. The van der Waals surface area contributed by atoms with Gasteiger partial charge >= 0.3 is 5.97 Å². The standard InChI is InChI=1S/C13H19NO5S/c1-8-5-3-4-6-10(8)19-13(15)11-7-12(9(2)18-11)20(14,16)17/h7-8,10H,3-6H2,1-2H3,(H2,14,16,17). The molecular formula is C13H19NO5S. The molecule has 1 heterocycles. The van der Waals surface area contributed by atoms with Gasteiger partial charge in [-0.3, -0.25) is 0 Å². The van der Waals surface area contributed by atoms with Gasteiger partial charge in [0.15, 0.2) is 0 Å². The van der Waals surface area contributed by atoms with Crippen LogP contribution in [-0.4, -0.2) is 20.5 Å². The number of nitrogens with two attached hydrogens (primary N) is 1. The molecule has 1 aliphatic rings. The van der Waals surface area contributed by atoms with Gasteiger partial charge in [0, 0.05) is 6.07 Å². The van der Waals surface area contributed by atoms with Gasteiger partial charge in [-0.05, 0) is 32.1 Å². The van der Waals surface area contributed by atoms with Crippen LogP contribution in [0.1, 0.15) is 48.9 Å². The maximum Gasteiger partial charge on any atom is 0.374 e. The topological polar surface area (TPSA) is 99.6 Å². The molecule has 2 rings (SSSR count). The van der Waals surface area contributed by atoms with Gasteiger partial charge in [-0.25, -0.2) is 18.4 Å². The van der Waals surface area contributed by atoms with Crippen LogP contribution in [-0.2, 0) is 14.8 Å². The Morgan fingerprint density at radius 2 is 2.05 bits per heavy atom. The minimum atomic E-state index is -3.89. The summed E-state index contributed by atoms with van der Waals surface area (Å²) in [5.41, 5.74) is 0. The van der Waals surface area contributed by atoms with Crippen molar-refractivity contribution >= 4 is 16.0 Å². The summed E-state index contributed by atoms with van der Waals surface area (Å²) in [6.07, 6.45) is 3.89. The number of primary sulfonamides is 1. The summed E-state index contributed by atoms with van der Waals surface area (Å²) < 4.78 is 33.1. The second kappa shape index (κ2) is 5.57. The van der Waals surface area contributed by atoms with Crippen molar-refractivity contribution in [2.24, 2.45) is 11.1 Å². The molecule has 2 N–H and O–H groups in total. The molecule has 2 unspecified atom stereocenters. The van der Waals surface area contributed by atoms with E-state index in [2.05, 4.69) is 0 Å². The van der Waals surface area contributed by atoms with E-state index in [1.54, 1.807) is 0 Å². The molecule has 7 heteroatoms. The van der Waals surface area contributed by atoms with Gasteiger partial charge in [-0.15, -0.1) is 0 Å². The lowest BCUT2D eigenvalue weighted by atomic mass is 9.88. The monoisotopic (exact) mass is 301 g/mol. The molecule has 2 atom stereocenters. The maximum absolute atomic E-state index is 12.0. The zero-order chi connectivity index (χ0) is 14.9. The first kappa shape index (κ1) is 15.1. The largest absolute Gasteiger partial charge is 0.456 e. The van der Waals surface area contributed by atoms with Crippen LogP contribution in [0.25, 0.3) is 0 Å². The van der Waals surface area contributed by atoms with Crippen molar-refractivity contribution in [2.45, 2.75) is 50.5 Å². The van der Waals surface area contributed by atoms with Gasteiger partial charge in [0.2, 0.25) is 15.8 Å². The zero-order valence-electron chi connectivity index (χ0n) is 11.6. The quantitative estimate of drug-likeness (QED) is 0.860. The lowest BCUT2D eigenvalue weighted by molar-refractivity contribution is 0.00164. The molecule has 1 aromatic heterocycles. The van der Waals surface area contributed by atoms with Crippen LogP contribution in [0.3, 0.4) is 0 Å². The summed E-state index contributed by atoms with van der Waals surface area (Å²) in [5.74, 6) is -0.358. The van der Waals surface area contributed by atoms with Gasteiger partial charge in [0.1, 0.15) is 16.8 Å². The third-order valence-electron chi connectivity index (χ3n) is 3.67. The highest BCUT2D eigenvalue weighted by Crippen LogP contribution is 2.28. The lowest BCUT2D eigenvalue weighted by Crippen LogP contribution is -2.28. The Hall–Kier alpha value is -1.34. The van der Waals surface area contributed by atoms with Crippen molar-refractivity contribution in [1.29, 1.82) is 0 Å². The van der Waals surface area contributed by atoms with Crippen molar-refractivity contribution < 1.29 is 22.4 Å². The summed E-state index contributed by atoms with van der Waals surface area (Å²) in [4.78, 5) is 11.8. The number of carbonyl (C=O) groups excluding carboxylic acids is 1. The molecule has 0 aromatic carbocycles. The van der Waals surface area contributed by atoms with Crippen LogP contribution in [0, 0.1) is 12.8 Å². The van der Waals surface area contributed by atoms with E-state index in [0.717, 1.165) is 31.7 Å². The fourth-order valence-electron chi connectivity index (χ4n) is 2.50. The van der Waals surface area contributed by atoms with Crippen LogP contribution < -0.4 is 5.14 Å². The van der Waals surface area contributed by atoms with E-state index in [0.29, 0.717) is 5.92 Å². The van der Waals surface area contributed by atoms with Gasteiger partial charge in [0.05, 0.1) is 0 Å². The fourth-order valence-corrected chi connectivity index (χ4v) is 3.21. The highest BCUT2D eigenvalue weighted by molar-refractivity contribution is 7.89. The molecule has 20 heavy (non-hydrogen) atoms. The van der Waals surface area contributed by atoms with Crippen LogP contribution >= 0.6 is 0 Å². The van der Waals surface area contributed by atoms with E-state index in [1.807, 2.05) is 6.92 Å². The molecule has 0 spiro atoms. The van der Waals surface area contributed by atoms with Crippen molar-refractivity contribution in [1.82, 2.24) is 0 Å². The number of rotatable bonds is 3. The number of aryl methyl sites for hydroxylation is 1. The number of sulfonamides is 1. The second-order valence-electron chi connectivity index (χ2n) is 5.28. The van der Waals surface area contributed by atoms with Crippen LogP contribution in [0.2, 0.25) is 0 Å². The first-order chi connectivity index (χ1) is 9.29. The van der Waals surface area contributed by atoms with Crippen molar-refractivity contribution in [2.75, 3.05) is 0 Å². The van der Waals surface area contributed by atoms with E-state index < -0.39 is 16.0 Å². The highest BCUT2D eigenvalue weighted by Gasteiger charge is 2.28. The Morgan fingerprint density at radius 1 is 1.40 bits per heavy atom. The molecule has 112 valence electrons. The second-order valence-corrected chi connectivity index (χ2v) is 6.81. The number of furan rings is 1. The Balaban J connectivity index is 2.14. The Kier molecular flexibility index (Phi) is 4.19. The summed E-state index contributed by atoms with van der Waals surface area (Å²) in [5, 5.41) is 5.04. The first-order valence-corrected chi connectivity index (χ1v) is 8.18. The highest BCUT2D eigenvalue weighted by atomic mass is 32.2. The zero-order valence-corrected chi connectivity index (χ0v) is 12.4. The summed E-state index contributed by atoms with van der Waals surface area (Å²) in [6.45, 7) is 3.49. The average Bonchev–Trinajstić information content (AvgIpc) is 2.74. The molecule has 0 aliphatic heterocycles. The number of hydrogen-bond donors (Lipinski definition) is 1. The van der Waals surface area contributed by atoms with E-state index in [4.69, 9.17) is 14.3 Å². The third kappa shape index (κ3) is 3.21. The summed E-state index contributed by atoms with van der Waals surface area (Å²) >= 11 is 0. The number of ether oxygens (including phenoxy) is 1. The number of hydrogen-bond acceptors (Lipinski definition) is 5. The van der Waals surface area contributed by atoms with Crippen LogP contribution in [0.4, 0.5) is 0 Å². The van der Waals surface area contributed by atoms with Gasteiger partial charge < -0.3 is 9.15 Å². The molecular weight excluding hydrogens is 282 g/mol. The van der Waals surface area contributed by atoms with E-state index >= 15 is 0 Å². The van der Waals surface area contributed by atoms with Gasteiger partial charge in [-0.1, -0.05) is 13.3 Å². The maximum atomic E-state index is 12.0. The van der Waals surface area contributed by atoms with Gasteiger partial charge in [-0.2, -0.15) is 0 Å². The molecule has 1 aromatic rings. The first-order valence-electron chi connectivity index (χ1n) is 6.63. The Labute approximate surface area is 118 Å². The predicted octanol–water partition coefficient (Wildman–Crippen LogP) is 1.97. The molecule has 1 saturated carbocycles. The predicted molar refractivity (Wildman–Crippen MR) is 71.7 cm³/mol. The fraction of sp³-hybridized carbons (Fsp3) is 0.615. The van der Waals surface area contributed by atoms with Gasteiger partial charge in [0.25, 0.3) is 0 Å². The van der Waals surface area contributed by atoms with Crippen molar-refractivity contribution in [3.8, 4) is 0 Å². The minimum absolute atomic E-state index is 0.0937. The molecule has 0 bridgehead atoms. The SMILES string of the molecule is Cc1oc(C(=O)OC2CCCCC2C)cc1S(N)(=O)=O. The summed E-state index contributed by atoms with van der Waals surface area (Å²) in [6, 6.07) is 1.13. The van der Waals surface area contributed by atoms with E-state index in [1.165, 1.54) is 6.92 Å². The van der Waals surface area contributed by atoms with E-state index in [9.17, 15) is 13.2 Å². The molecule has 1 fully saturated rings. The molecule has 0 amide bonds. The third-order valence-corrected chi connectivity index (χ3v) is 4.69. The Morgan fingerprint density at radius 3 is 2.60 bits per heavy atom. The number of carbonyl (C=O) groups is 1. The lowest BCUT2D eigenvalue weighted by Gasteiger charge is -2.27. The van der Waals surface area contributed by atoms with Crippen LogP contribution in [0.5, 0.6) is 0 Å².